The van der Waals surface area contributed by atoms with Crippen molar-refractivity contribution in [1.29, 1.82) is 0 Å². The molecule has 0 N–H and O–H groups in total. The third kappa shape index (κ3) is 64.8. The molecule has 0 saturated carbocycles. The second kappa shape index (κ2) is 66.6. The number of hydrogen-bond acceptors (Lipinski definition) is 6. The topological polar surface area (TPSA) is 78.9 Å². The van der Waals surface area contributed by atoms with Crippen LogP contribution in [0.3, 0.4) is 0 Å². The maximum Gasteiger partial charge on any atom is 0.306 e. The molecule has 0 fully saturated rings. The Hall–Kier alpha value is -3.93. The molecule has 452 valence electrons. The van der Waals surface area contributed by atoms with Crippen LogP contribution >= 0.6 is 0 Å². The highest BCUT2D eigenvalue weighted by Gasteiger charge is 2.19. The molecule has 6 nitrogen and oxygen atoms in total. The van der Waals surface area contributed by atoms with Gasteiger partial charge in [-0.25, -0.2) is 0 Å². The molecular formula is C73H124O6. The van der Waals surface area contributed by atoms with Gasteiger partial charge in [0.05, 0.1) is 0 Å². The summed E-state index contributed by atoms with van der Waals surface area (Å²) in [6, 6.07) is 0. The largest absolute Gasteiger partial charge is 0.462 e. The molecule has 0 aliphatic carbocycles. The van der Waals surface area contributed by atoms with Gasteiger partial charge in [-0.1, -0.05) is 278 Å². The number of esters is 3. The van der Waals surface area contributed by atoms with Crippen LogP contribution < -0.4 is 0 Å². The number of carbonyl (C=O) groups is 3. The maximum absolute atomic E-state index is 12.9. The molecule has 0 aliphatic rings. The average molecular weight is 1100 g/mol. The molecular weight excluding hydrogens is 973 g/mol. The molecule has 0 bridgehead atoms. The molecule has 1 unspecified atom stereocenters. The Balaban J connectivity index is 4.36. The highest BCUT2D eigenvalue weighted by Crippen LogP contribution is 2.16. The van der Waals surface area contributed by atoms with Crippen LogP contribution in [0.5, 0.6) is 0 Å². The van der Waals surface area contributed by atoms with Crippen LogP contribution in [0.1, 0.15) is 316 Å². The van der Waals surface area contributed by atoms with E-state index in [2.05, 4.69) is 130 Å². The van der Waals surface area contributed by atoms with Gasteiger partial charge in [-0.05, 0) is 128 Å². The molecule has 0 rings (SSSR count). The van der Waals surface area contributed by atoms with Crippen molar-refractivity contribution < 1.29 is 28.6 Å². The van der Waals surface area contributed by atoms with Crippen LogP contribution in [0.25, 0.3) is 0 Å². The Kier molecular flexibility index (Phi) is 63.3. The van der Waals surface area contributed by atoms with E-state index in [4.69, 9.17) is 14.2 Å². The van der Waals surface area contributed by atoms with E-state index in [-0.39, 0.29) is 31.1 Å². The fourth-order valence-electron chi connectivity index (χ4n) is 9.24. The minimum absolute atomic E-state index is 0.0876. The van der Waals surface area contributed by atoms with E-state index in [0.29, 0.717) is 19.3 Å². The number of carbonyl (C=O) groups excluding carboxylic acids is 3. The van der Waals surface area contributed by atoms with Gasteiger partial charge in [0, 0.05) is 19.3 Å². The summed E-state index contributed by atoms with van der Waals surface area (Å²) in [4.78, 5) is 38.4. The predicted octanol–water partition coefficient (Wildman–Crippen LogP) is 23.0. The van der Waals surface area contributed by atoms with Gasteiger partial charge in [0.25, 0.3) is 0 Å². The van der Waals surface area contributed by atoms with Crippen LogP contribution in [0.15, 0.2) is 109 Å². The Labute approximate surface area is 489 Å². The third-order valence-electron chi connectivity index (χ3n) is 14.2. The number of hydrogen-bond donors (Lipinski definition) is 0. The standard InChI is InChI=1S/C73H124O6/c1-4-7-10-13-16-19-22-25-27-29-31-33-35-36-38-39-41-43-45-48-51-54-57-60-63-66-72(75)78-69-70(68-77-71(74)65-62-59-56-53-50-47-24-21-18-15-12-9-6-3)79-73(76)67-64-61-58-55-52-49-46-44-42-40-37-34-32-30-28-26-23-20-17-14-11-8-5-2/h8,11,17,20-22,24-26,28-29,31-32,34-36,40,42,70H,4-7,9-10,12-16,18-19,23,27,30,33,37-39,41,43-69H2,1-3H3/b11-8-,20-17-,24-21-,25-22-,28-26-,31-29-,34-32-,36-35-,42-40-. The molecule has 0 aliphatic heterocycles. The zero-order valence-corrected chi connectivity index (χ0v) is 51.9. The Bertz CT molecular complexity index is 1590. The van der Waals surface area contributed by atoms with Crippen LogP contribution in [0.4, 0.5) is 0 Å². The molecule has 1 atom stereocenters. The second-order valence-electron chi connectivity index (χ2n) is 22.0. The van der Waals surface area contributed by atoms with Crippen molar-refractivity contribution in [1.82, 2.24) is 0 Å². The lowest BCUT2D eigenvalue weighted by molar-refractivity contribution is -0.167. The van der Waals surface area contributed by atoms with Crippen LogP contribution in [0, 0.1) is 0 Å². The summed E-state index contributed by atoms with van der Waals surface area (Å²) >= 11 is 0. The van der Waals surface area contributed by atoms with Crippen molar-refractivity contribution in [2.75, 3.05) is 13.2 Å². The quantitative estimate of drug-likeness (QED) is 0.0261. The molecule has 0 radical (unpaired) electrons. The molecule has 0 aromatic carbocycles. The van der Waals surface area contributed by atoms with Crippen LogP contribution in [0.2, 0.25) is 0 Å². The molecule has 0 aromatic heterocycles. The molecule has 0 saturated heterocycles. The Morgan fingerprint density at radius 3 is 0.797 bits per heavy atom. The molecule has 0 amide bonds. The van der Waals surface area contributed by atoms with E-state index < -0.39 is 6.10 Å². The second-order valence-corrected chi connectivity index (χ2v) is 22.0. The van der Waals surface area contributed by atoms with E-state index in [1.54, 1.807) is 0 Å². The lowest BCUT2D eigenvalue weighted by Gasteiger charge is -2.18. The number of ether oxygens (including phenoxy) is 3. The van der Waals surface area contributed by atoms with Gasteiger partial charge < -0.3 is 14.2 Å². The summed E-state index contributed by atoms with van der Waals surface area (Å²) in [6.07, 6.45) is 90.9. The van der Waals surface area contributed by atoms with Crippen molar-refractivity contribution in [3.8, 4) is 0 Å². The maximum atomic E-state index is 12.9. The van der Waals surface area contributed by atoms with Gasteiger partial charge in [0.1, 0.15) is 13.2 Å². The Morgan fingerprint density at radius 2 is 0.494 bits per heavy atom. The van der Waals surface area contributed by atoms with Gasteiger partial charge in [-0.3, -0.25) is 14.4 Å². The highest BCUT2D eigenvalue weighted by atomic mass is 16.6. The SMILES string of the molecule is CC/C=C\C/C=C\C/C=C\C/C=C\C/C=C\CCCCCCCCCC(=O)OC(COC(=O)CCCCCCC/C=C\CCCCCC)COC(=O)CCCCCCCCCCCC/C=C\C/C=C\C/C=C\CCCCCCC. The lowest BCUT2D eigenvalue weighted by atomic mass is 10.1. The van der Waals surface area contributed by atoms with Gasteiger partial charge in [-0.2, -0.15) is 0 Å². The summed E-state index contributed by atoms with van der Waals surface area (Å²) in [7, 11) is 0. The van der Waals surface area contributed by atoms with Crippen molar-refractivity contribution in [2.45, 2.75) is 322 Å². The summed E-state index contributed by atoms with van der Waals surface area (Å²) in [5.74, 6) is -0.903. The van der Waals surface area contributed by atoms with E-state index in [1.807, 2.05) is 0 Å². The molecule has 0 spiro atoms. The van der Waals surface area contributed by atoms with Crippen LogP contribution in [-0.4, -0.2) is 37.2 Å². The molecule has 6 heteroatoms. The zero-order valence-electron chi connectivity index (χ0n) is 51.9. The first-order valence-corrected chi connectivity index (χ1v) is 33.4. The fourth-order valence-corrected chi connectivity index (χ4v) is 9.24. The van der Waals surface area contributed by atoms with Gasteiger partial charge in [-0.15, -0.1) is 0 Å². The van der Waals surface area contributed by atoms with Gasteiger partial charge in [0.15, 0.2) is 6.10 Å². The molecule has 0 heterocycles. The van der Waals surface area contributed by atoms with E-state index in [0.717, 1.165) is 116 Å². The smallest absolute Gasteiger partial charge is 0.306 e. The van der Waals surface area contributed by atoms with Crippen molar-refractivity contribution in [2.24, 2.45) is 0 Å². The number of rotatable bonds is 60. The number of unbranched alkanes of at least 4 members (excludes halogenated alkanes) is 31. The van der Waals surface area contributed by atoms with E-state index >= 15 is 0 Å². The fraction of sp³-hybridized carbons (Fsp3) is 0.712. The first kappa shape index (κ1) is 75.1. The van der Waals surface area contributed by atoms with Crippen molar-refractivity contribution in [3.63, 3.8) is 0 Å². The molecule has 79 heavy (non-hydrogen) atoms. The number of allylic oxidation sites excluding steroid dienone is 18. The molecule has 0 aromatic rings. The summed E-state index contributed by atoms with van der Waals surface area (Å²) in [5.41, 5.74) is 0. The third-order valence-corrected chi connectivity index (χ3v) is 14.2. The van der Waals surface area contributed by atoms with Crippen molar-refractivity contribution >= 4 is 17.9 Å². The minimum atomic E-state index is -0.793. The first-order chi connectivity index (χ1) is 39.0. The van der Waals surface area contributed by atoms with Crippen molar-refractivity contribution in [3.05, 3.63) is 109 Å². The first-order valence-electron chi connectivity index (χ1n) is 33.4. The summed E-state index contributed by atoms with van der Waals surface area (Å²) in [6.45, 7) is 6.50. The monoisotopic (exact) mass is 1100 g/mol. The normalized spacial score (nSPS) is 12.8. The van der Waals surface area contributed by atoms with Gasteiger partial charge in [0.2, 0.25) is 0 Å². The highest BCUT2D eigenvalue weighted by molar-refractivity contribution is 5.71. The average Bonchev–Trinajstić information content (AvgIpc) is 3.45. The predicted molar refractivity (Wildman–Crippen MR) is 343 cm³/mol. The Morgan fingerprint density at radius 1 is 0.266 bits per heavy atom. The zero-order chi connectivity index (χ0) is 57.1. The van der Waals surface area contributed by atoms with Gasteiger partial charge >= 0.3 is 17.9 Å². The lowest BCUT2D eigenvalue weighted by Crippen LogP contribution is -2.30. The van der Waals surface area contributed by atoms with E-state index in [9.17, 15) is 14.4 Å². The van der Waals surface area contributed by atoms with Crippen LogP contribution in [-0.2, 0) is 28.6 Å². The van der Waals surface area contributed by atoms with E-state index in [1.165, 1.54) is 161 Å². The minimum Gasteiger partial charge on any atom is -0.462 e. The summed E-state index contributed by atoms with van der Waals surface area (Å²) in [5, 5.41) is 0. The summed E-state index contributed by atoms with van der Waals surface area (Å²) < 4.78 is 16.9.